The van der Waals surface area contributed by atoms with Crippen LogP contribution in [0.3, 0.4) is 0 Å². The minimum Gasteiger partial charge on any atom is -0.397 e. The van der Waals surface area contributed by atoms with Crippen LogP contribution >= 0.6 is 24.6 Å². The SMILES string of the molecule is CN(C)C(=S)N/N=C/c1ncccc1N.Cl. The molecule has 1 aromatic rings. The van der Waals surface area contributed by atoms with Crippen molar-refractivity contribution < 1.29 is 0 Å². The summed E-state index contributed by atoms with van der Waals surface area (Å²) < 4.78 is 0. The van der Waals surface area contributed by atoms with Crippen molar-refractivity contribution in [3.8, 4) is 0 Å². The molecule has 1 rings (SSSR count). The van der Waals surface area contributed by atoms with E-state index >= 15 is 0 Å². The number of nitrogen functional groups attached to an aromatic ring is 1. The molecule has 16 heavy (non-hydrogen) atoms. The molecule has 1 heterocycles. The molecule has 88 valence electrons. The molecule has 0 radical (unpaired) electrons. The maximum atomic E-state index is 5.67. The van der Waals surface area contributed by atoms with Gasteiger partial charge in [-0.2, -0.15) is 5.10 Å². The first-order valence-electron chi connectivity index (χ1n) is 4.32. The van der Waals surface area contributed by atoms with Gasteiger partial charge in [0, 0.05) is 20.3 Å². The lowest BCUT2D eigenvalue weighted by atomic mass is 10.3. The Morgan fingerprint density at radius 1 is 1.62 bits per heavy atom. The Balaban J connectivity index is 0.00000225. The Labute approximate surface area is 106 Å². The molecule has 0 saturated carbocycles. The Kier molecular flexibility index (Phi) is 6.36. The lowest BCUT2D eigenvalue weighted by Gasteiger charge is -2.11. The zero-order valence-corrected chi connectivity index (χ0v) is 10.7. The highest BCUT2D eigenvalue weighted by molar-refractivity contribution is 7.80. The monoisotopic (exact) mass is 259 g/mol. The average molecular weight is 260 g/mol. The number of nitrogens with one attached hydrogen (secondary N) is 1. The smallest absolute Gasteiger partial charge is 0.189 e. The van der Waals surface area contributed by atoms with Gasteiger partial charge in [-0.1, -0.05) is 0 Å². The number of anilines is 1. The lowest BCUT2D eigenvalue weighted by Crippen LogP contribution is -2.30. The predicted molar refractivity (Wildman–Crippen MR) is 72.9 cm³/mol. The van der Waals surface area contributed by atoms with Crippen molar-refractivity contribution in [2.75, 3.05) is 19.8 Å². The van der Waals surface area contributed by atoms with Crippen molar-refractivity contribution >= 4 is 41.6 Å². The van der Waals surface area contributed by atoms with Gasteiger partial charge < -0.3 is 10.6 Å². The largest absolute Gasteiger partial charge is 0.397 e. The van der Waals surface area contributed by atoms with E-state index in [1.54, 1.807) is 23.2 Å². The predicted octanol–water partition coefficient (Wildman–Crippen LogP) is 0.856. The Hall–Kier alpha value is -1.40. The van der Waals surface area contributed by atoms with Crippen LogP contribution in [0.2, 0.25) is 0 Å². The number of halogens is 1. The Bertz CT molecular complexity index is 380. The van der Waals surface area contributed by atoms with Crippen molar-refractivity contribution in [1.29, 1.82) is 0 Å². The van der Waals surface area contributed by atoms with Gasteiger partial charge in [-0.15, -0.1) is 12.4 Å². The fourth-order valence-electron chi connectivity index (χ4n) is 0.786. The lowest BCUT2D eigenvalue weighted by molar-refractivity contribution is 0.606. The number of aromatic nitrogens is 1. The molecule has 3 N–H and O–H groups in total. The van der Waals surface area contributed by atoms with Crippen LogP contribution in [0.4, 0.5) is 5.69 Å². The van der Waals surface area contributed by atoms with Crippen LogP contribution in [0.25, 0.3) is 0 Å². The highest BCUT2D eigenvalue weighted by Crippen LogP contribution is 2.02. The molecule has 1 aromatic heterocycles. The van der Waals surface area contributed by atoms with Gasteiger partial charge in [-0.3, -0.25) is 10.4 Å². The summed E-state index contributed by atoms with van der Waals surface area (Å²) >= 11 is 4.98. The second-order valence-electron chi connectivity index (χ2n) is 3.05. The summed E-state index contributed by atoms with van der Waals surface area (Å²) in [6, 6.07) is 3.53. The van der Waals surface area contributed by atoms with E-state index < -0.39 is 0 Å². The quantitative estimate of drug-likeness (QED) is 0.468. The number of thiocarbonyl (C=S) groups is 1. The van der Waals surface area contributed by atoms with E-state index in [2.05, 4.69) is 15.5 Å². The maximum absolute atomic E-state index is 5.67. The van der Waals surface area contributed by atoms with Gasteiger partial charge >= 0.3 is 0 Å². The third-order valence-electron chi connectivity index (χ3n) is 1.62. The van der Waals surface area contributed by atoms with E-state index in [1.807, 2.05) is 14.1 Å². The second-order valence-corrected chi connectivity index (χ2v) is 3.43. The highest BCUT2D eigenvalue weighted by Gasteiger charge is 1.96. The van der Waals surface area contributed by atoms with Crippen molar-refractivity contribution in [2.24, 2.45) is 5.10 Å². The average Bonchev–Trinajstić information content (AvgIpc) is 2.20. The molecule has 7 heteroatoms. The molecule has 0 unspecified atom stereocenters. The van der Waals surface area contributed by atoms with Crippen LogP contribution in [0.15, 0.2) is 23.4 Å². The van der Waals surface area contributed by atoms with Crippen LogP contribution in [-0.2, 0) is 0 Å². The number of rotatable bonds is 2. The summed E-state index contributed by atoms with van der Waals surface area (Å²) in [4.78, 5) is 5.79. The molecule has 0 spiro atoms. The van der Waals surface area contributed by atoms with Crippen LogP contribution in [0, 0.1) is 0 Å². The Morgan fingerprint density at radius 3 is 2.88 bits per heavy atom. The number of hydrazone groups is 1. The maximum Gasteiger partial charge on any atom is 0.189 e. The number of nitrogens with two attached hydrogens (primary N) is 1. The minimum atomic E-state index is 0. The first-order valence-corrected chi connectivity index (χ1v) is 4.73. The molecule has 0 amide bonds. The molecule has 0 aliphatic rings. The zero-order valence-electron chi connectivity index (χ0n) is 9.04. The van der Waals surface area contributed by atoms with Gasteiger partial charge in [0.15, 0.2) is 5.11 Å². The van der Waals surface area contributed by atoms with Gasteiger partial charge in [0.2, 0.25) is 0 Å². The van der Waals surface area contributed by atoms with Gasteiger partial charge in [-0.05, 0) is 24.4 Å². The van der Waals surface area contributed by atoms with Crippen LogP contribution in [0.5, 0.6) is 0 Å². The van der Waals surface area contributed by atoms with E-state index in [0.29, 0.717) is 16.5 Å². The van der Waals surface area contributed by atoms with Crippen LogP contribution in [-0.4, -0.2) is 35.3 Å². The van der Waals surface area contributed by atoms with E-state index in [0.717, 1.165) is 0 Å². The summed E-state index contributed by atoms with van der Waals surface area (Å²) in [6.45, 7) is 0. The molecule has 0 aliphatic carbocycles. The molecule has 0 saturated heterocycles. The molecule has 0 atom stereocenters. The van der Waals surface area contributed by atoms with Crippen LogP contribution < -0.4 is 11.2 Å². The fourth-order valence-corrected chi connectivity index (χ4v) is 0.839. The molecule has 0 fully saturated rings. The van der Waals surface area contributed by atoms with E-state index in [1.165, 1.54) is 6.21 Å². The molecule has 0 aliphatic heterocycles. The highest BCUT2D eigenvalue weighted by atomic mass is 35.5. The normalized spacial score (nSPS) is 9.62. The third kappa shape index (κ3) is 4.41. The van der Waals surface area contributed by atoms with Crippen molar-refractivity contribution in [3.63, 3.8) is 0 Å². The van der Waals surface area contributed by atoms with E-state index in [4.69, 9.17) is 18.0 Å². The van der Waals surface area contributed by atoms with Crippen molar-refractivity contribution in [1.82, 2.24) is 15.3 Å². The van der Waals surface area contributed by atoms with Crippen molar-refractivity contribution in [3.05, 3.63) is 24.0 Å². The summed E-state index contributed by atoms with van der Waals surface area (Å²) in [5.41, 5.74) is 9.56. The number of hydrogen-bond acceptors (Lipinski definition) is 4. The van der Waals surface area contributed by atoms with Gasteiger partial charge in [0.1, 0.15) is 5.69 Å². The molecule has 0 aromatic carbocycles. The minimum absolute atomic E-state index is 0. The summed E-state index contributed by atoms with van der Waals surface area (Å²) in [5.74, 6) is 0. The summed E-state index contributed by atoms with van der Waals surface area (Å²) in [6.07, 6.45) is 3.19. The first-order chi connectivity index (χ1) is 7.11. The number of pyridine rings is 1. The second kappa shape index (κ2) is 6.97. The van der Waals surface area contributed by atoms with E-state index in [9.17, 15) is 0 Å². The number of nitrogens with zero attached hydrogens (tertiary/aromatic N) is 3. The summed E-state index contributed by atoms with van der Waals surface area (Å²) in [5, 5.41) is 4.45. The van der Waals surface area contributed by atoms with Gasteiger partial charge in [0.25, 0.3) is 0 Å². The standard InChI is InChI=1S/C9H13N5S.ClH/c1-14(2)9(15)13-12-6-8-7(10)4-3-5-11-8;/h3-6H,10H2,1-2H3,(H,13,15);1H/b12-6+;. The molecular weight excluding hydrogens is 246 g/mol. The van der Waals surface area contributed by atoms with Gasteiger partial charge in [-0.25, -0.2) is 0 Å². The topological polar surface area (TPSA) is 66.5 Å². The van der Waals surface area contributed by atoms with E-state index in [-0.39, 0.29) is 12.4 Å². The third-order valence-corrected chi connectivity index (χ3v) is 2.08. The molecule has 5 nitrogen and oxygen atoms in total. The molecular formula is C9H14ClN5S. The summed E-state index contributed by atoms with van der Waals surface area (Å²) in [7, 11) is 3.67. The molecule has 0 bridgehead atoms. The Morgan fingerprint density at radius 2 is 2.31 bits per heavy atom. The first kappa shape index (κ1) is 14.6. The van der Waals surface area contributed by atoms with Gasteiger partial charge in [0.05, 0.1) is 11.9 Å². The zero-order chi connectivity index (χ0) is 11.3. The van der Waals surface area contributed by atoms with Crippen molar-refractivity contribution in [2.45, 2.75) is 0 Å². The van der Waals surface area contributed by atoms with Crippen LogP contribution in [0.1, 0.15) is 5.69 Å². The fraction of sp³-hybridized carbons (Fsp3) is 0.222. The number of hydrogen-bond donors (Lipinski definition) is 2.